The lowest BCUT2D eigenvalue weighted by Gasteiger charge is -2.35. The van der Waals surface area contributed by atoms with Crippen LogP contribution in [0.2, 0.25) is 0 Å². The molecule has 0 bridgehead atoms. The van der Waals surface area contributed by atoms with E-state index in [0.29, 0.717) is 21.8 Å². The largest absolute Gasteiger partial charge is 0.338 e. The highest BCUT2D eigenvalue weighted by Crippen LogP contribution is 2.38. The summed E-state index contributed by atoms with van der Waals surface area (Å²) < 4.78 is 19.2. The maximum atomic E-state index is 13.2. The van der Waals surface area contributed by atoms with Gasteiger partial charge >= 0.3 is 0 Å². The summed E-state index contributed by atoms with van der Waals surface area (Å²) in [5.41, 5.74) is 6.68. The SMILES string of the molecule is CC1(c2nc(-c3ccc(F)cc3Br)no2)CCCCC1N. The lowest BCUT2D eigenvalue weighted by Crippen LogP contribution is -2.45. The zero-order valence-electron chi connectivity index (χ0n) is 11.8. The molecule has 0 radical (unpaired) electrons. The molecule has 6 heteroatoms. The molecule has 1 heterocycles. The van der Waals surface area contributed by atoms with Gasteiger partial charge in [-0.3, -0.25) is 0 Å². The molecule has 0 amide bonds. The highest BCUT2D eigenvalue weighted by Gasteiger charge is 2.40. The number of nitrogens with two attached hydrogens (primary N) is 1. The molecular formula is C15H17BrFN3O. The number of hydrogen-bond acceptors (Lipinski definition) is 4. The number of rotatable bonds is 2. The van der Waals surface area contributed by atoms with Crippen molar-refractivity contribution in [3.8, 4) is 11.4 Å². The monoisotopic (exact) mass is 353 g/mol. The normalized spacial score (nSPS) is 26.0. The maximum Gasteiger partial charge on any atom is 0.234 e. The lowest BCUT2D eigenvalue weighted by atomic mass is 9.72. The van der Waals surface area contributed by atoms with Crippen LogP contribution in [0.5, 0.6) is 0 Å². The van der Waals surface area contributed by atoms with Gasteiger partial charge in [0.1, 0.15) is 5.82 Å². The molecule has 1 aliphatic rings. The lowest BCUT2D eigenvalue weighted by molar-refractivity contribution is 0.203. The van der Waals surface area contributed by atoms with E-state index in [1.807, 2.05) is 0 Å². The van der Waals surface area contributed by atoms with E-state index in [1.165, 1.54) is 12.1 Å². The Kier molecular flexibility index (Phi) is 3.84. The molecule has 3 rings (SSSR count). The second kappa shape index (κ2) is 5.50. The van der Waals surface area contributed by atoms with Crippen LogP contribution in [0.3, 0.4) is 0 Å². The van der Waals surface area contributed by atoms with Crippen LogP contribution in [0.25, 0.3) is 11.4 Å². The Balaban J connectivity index is 1.96. The Labute approximate surface area is 131 Å². The predicted molar refractivity (Wildman–Crippen MR) is 81.2 cm³/mol. The molecule has 1 aliphatic carbocycles. The summed E-state index contributed by atoms with van der Waals surface area (Å²) in [5.74, 6) is 0.715. The van der Waals surface area contributed by atoms with E-state index >= 15 is 0 Å². The summed E-state index contributed by atoms with van der Waals surface area (Å²) in [4.78, 5) is 4.51. The van der Waals surface area contributed by atoms with Crippen molar-refractivity contribution in [2.24, 2.45) is 5.73 Å². The minimum atomic E-state index is -0.310. The number of benzene rings is 1. The Hall–Kier alpha value is -1.27. The minimum Gasteiger partial charge on any atom is -0.338 e. The smallest absolute Gasteiger partial charge is 0.234 e. The van der Waals surface area contributed by atoms with E-state index in [-0.39, 0.29) is 17.3 Å². The van der Waals surface area contributed by atoms with E-state index in [2.05, 4.69) is 33.0 Å². The van der Waals surface area contributed by atoms with Gasteiger partial charge < -0.3 is 10.3 Å². The molecule has 1 fully saturated rings. The van der Waals surface area contributed by atoms with E-state index in [1.54, 1.807) is 6.07 Å². The van der Waals surface area contributed by atoms with Gasteiger partial charge in [-0.05, 0) is 53.9 Å². The van der Waals surface area contributed by atoms with Crippen molar-refractivity contribution in [2.45, 2.75) is 44.1 Å². The number of halogens is 2. The van der Waals surface area contributed by atoms with Gasteiger partial charge in [0.15, 0.2) is 0 Å². The summed E-state index contributed by atoms with van der Waals surface area (Å²) in [7, 11) is 0. The first kappa shape index (κ1) is 14.7. The van der Waals surface area contributed by atoms with Crippen LogP contribution < -0.4 is 5.73 Å². The van der Waals surface area contributed by atoms with Crippen LogP contribution in [0, 0.1) is 5.82 Å². The summed E-state index contributed by atoms with van der Waals surface area (Å²) in [5, 5.41) is 4.04. The summed E-state index contributed by atoms with van der Waals surface area (Å²) in [6.07, 6.45) is 4.16. The second-order valence-corrected chi connectivity index (χ2v) is 6.67. The van der Waals surface area contributed by atoms with Gasteiger partial charge in [-0.25, -0.2) is 4.39 Å². The topological polar surface area (TPSA) is 64.9 Å². The van der Waals surface area contributed by atoms with E-state index < -0.39 is 0 Å². The van der Waals surface area contributed by atoms with E-state index in [0.717, 1.165) is 25.7 Å². The summed E-state index contributed by atoms with van der Waals surface area (Å²) in [6, 6.07) is 4.43. The highest BCUT2D eigenvalue weighted by molar-refractivity contribution is 9.10. The number of nitrogens with zero attached hydrogens (tertiary/aromatic N) is 2. The van der Waals surface area contributed by atoms with Crippen molar-refractivity contribution < 1.29 is 8.91 Å². The average molecular weight is 354 g/mol. The van der Waals surface area contributed by atoms with Gasteiger partial charge in [-0.2, -0.15) is 4.98 Å². The third-order valence-electron chi connectivity index (χ3n) is 4.37. The van der Waals surface area contributed by atoms with Crippen molar-refractivity contribution in [1.29, 1.82) is 0 Å². The van der Waals surface area contributed by atoms with Crippen molar-refractivity contribution in [1.82, 2.24) is 10.1 Å². The third-order valence-corrected chi connectivity index (χ3v) is 5.02. The quantitative estimate of drug-likeness (QED) is 0.891. The minimum absolute atomic E-state index is 0.0243. The van der Waals surface area contributed by atoms with Crippen LogP contribution in [0.15, 0.2) is 27.2 Å². The molecule has 112 valence electrons. The standard InChI is InChI=1S/C15H17BrFN3O/c1-15(7-3-2-4-12(15)18)14-19-13(20-21-14)10-6-5-9(17)8-11(10)16/h5-6,8,12H,2-4,7,18H2,1H3. The van der Waals surface area contributed by atoms with Crippen LogP contribution in [-0.4, -0.2) is 16.2 Å². The van der Waals surface area contributed by atoms with Crippen LogP contribution >= 0.6 is 15.9 Å². The highest BCUT2D eigenvalue weighted by atomic mass is 79.9. The zero-order chi connectivity index (χ0) is 15.0. The Morgan fingerprint density at radius 2 is 2.24 bits per heavy atom. The molecule has 2 N–H and O–H groups in total. The van der Waals surface area contributed by atoms with Gasteiger partial charge in [-0.1, -0.05) is 18.0 Å². The molecule has 1 aromatic carbocycles. The summed E-state index contributed by atoms with van der Waals surface area (Å²) in [6.45, 7) is 2.08. The van der Waals surface area contributed by atoms with Crippen molar-refractivity contribution in [3.05, 3.63) is 34.4 Å². The first-order valence-corrected chi connectivity index (χ1v) is 7.85. The van der Waals surface area contributed by atoms with Crippen molar-refractivity contribution >= 4 is 15.9 Å². The van der Waals surface area contributed by atoms with Gasteiger partial charge in [0.05, 0.1) is 5.41 Å². The number of hydrogen-bond donors (Lipinski definition) is 1. The predicted octanol–water partition coefficient (Wildman–Crippen LogP) is 3.80. The first-order valence-electron chi connectivity index (χ1n) is 7.06. The molecule has 2 unspecified atom stereocenters. The van der Waals surface area contributed by atoms with Gasteiger partial charge in [0.2, 0.25) is 11.7 Å². The van der Waals surface area contributed by atoms with Crippen LogP contribution in [-0.2, 0) is 5.41 Å². The van der Waals surface area contributed by atoms with Crippen LogP contribution in [0.1, 0.15) is 38.5 Å². The molecule has 0 aliphatic heterocycles. The molecule has 2 atom stereocenters. The van der Waals surface area contributed by atoms with Gasteiger partial charge in [0.25, 0.3) is 0 Å². The fraction of sp³-hybridized carbons (Fsp3) is 0.467. The second-order valence-electron chi connectivity index (χ2n) is 5.82. The average Bonchev–Trinajstić information content (AvgIpc) is 2.92. The molecule has 2 aromatic rings. The Morgan fingerprint density at radius 1 is 1.43 bits per heavy atom. The fourth-order valence-corrected chi connectivity index (χ4v) is 3.39. The van der Waals surface area contributed by atoms with Gasteiger partial charge in [0, 0.05) is 16.1 Å². The fourth-order valence-electron chi connectivity index (χ4n) is 2.86. The van der Waals surface area contributed by atoms with Crippen molar-refractivity contribution in [3.63, 3.8) is 0 Å². The Morgan fingerprint density at radius 3 is 2.95 bits per heavy atom. The van der Waals surface area contributed by atoms with Crippen molar-refractivity contribution in [2.75, 3.05) is 0 Å². The summed E-state index contributed by atoms with van der Waals surface area (Å²) >= 11 is 3.33. The molecular weight excluding hydrogens is 337 g/mol. The molecule has 0 saturated heterocycles. The van der Waals surface area contributed by atoms with Gasteiger partial charge in [-0.15, -0.1) is 0 Å². The van der Waals surface area contributed by atoms with E-state index in [4.69, 9.17) is 10.3 Å². The third kappa shape index (κ3) is 2.62. The first-order chi connectivity index (χ1) is 10.0. The molecule has 1 aromatic heterocycles. The Bertz CT molecular complexity index is 660. The molecule has 0 spiro atoms. The molecule has 1 saturated carbocycles. The van der Waals surface area contributed by atoms with Crippen LogP contribution in [0.4, 0.5) is 4.39 Å². The van der Waals surface area contributed by atoms with E-state index in [9.17, 15) is 4.39 Å². The molecule has 21 heavy (non-hydrogen) atoms. The number of aromatic nitrogens is 2. The molecule has 4 nitrogen and oxygen atoms in total. The zero-order valence-corrected chi connectivity index (χ0v) is 13.4. The maximum absolute atomic E-state index is 13.2.